The van der Waals surface area contributed by atoms with Crippen LogP contribution in [0.3, 0.4) is 0 Å². The van der Waals surface area contributed by atoms with Crippen molar-refractivity contribution in [3.63, 3.8) is 0 Å². The molecular formula is C25H28N2O5S. The van der Waals surface area contributed by atoms with E-state index < -0.39 is 18.1 Å². The lowest BCUT2D eigenvalue weighted by molar-refractivity contribution is -0.149. The highest BCUT2D eigenvalue weighted by Crippen LogP contribution is 2.44. The second-order valence-corrected chi connectivity index (χ2v) is 9.77. The van der Waals surface area contributed by atoms with Crippen LogP contribution in [-0.4, -0.2) is 58.3 Å². The van der Waals surface area contributed by atoms with Crippen molar-refractivity contribution in [3.8, 4) is 11.1 Å². The molecule has 0 saturated carbocycles. The lowest BCUT2D eigenvalue weighted by Crippen LogP contribution is -2.47. The number of rotatable bonds is 7. The van der Waals surface area contributed by atoms with E-state index in [-0.39, 0.29) is 42.7 Å². The Kier molecular flexibility index (Phi) is 6.93. The molecule has 174 valence electrons. The Labute approximate surface area is 197 Å². The smallest absolute Gasteiger partial charge is 0.407 e. The largest absolute Gasteiger partial charge is 0.480 e. The number of carboxylic acids is 1. The highest BCUT2D eigenvalue weighted by atomic mass is 32.2. The van der Waals surface area contributed by atoms with Gasteiger partial charge in [-0.15, -0.1) is 11.8 Å². The van der Waals surface area contributed by atoms with E-state index >= 15 is 0 Å². The Morgan fingerprint density at radius 1 is 1.09 bits per heavy atom. The van der Waals surface area contributed by atoms with Gasteiger partial charge in [-0.2, -0.15) is 0 Å². The van der Waals surface area contributed by atoms with Crippen molar-refractivity contribution in [1.29, 1.82) is 0 Å². The van der Waals surface area contributed by atoms with Crippen molar-refractivity contribution in [2.24, 2.45) is 5.92 Å². The third-order valence-corrected chi connectivity index (χ3v) is 7.75. The van der Waals surface area contributed by atoms with Gasteiger partial charge in [0.2, 0.25) is 5.91 Å². The lowest BCUT2D eigenvalue weighted by atomic mass is 9.98. The first kappa shape index (κ1) is 23.2. The summed E-state index contributed by atoms with van der Waals surface area (Å²) in [5, 5.41) is 11.9. The predicted octanol–water partition coefficient (Wildman–Crippen LogP) is 3.93. The van der Waals surface area contributed by atoms with E-state index in [1.165, 1.54) is 16.7 Å². The fraction of sp³-hybridized carbons (Fsp3) is 0.400. The van der Waals surface area contributed by atoms with Crippen molar-refractivity contribution >= 4 is 29.7 Å². The molecule has 0 radical (unpaired) electrons. The minimum absolute atomic E-state index is 0.0256. The van der Waals surface area contributed by atoms with Crippen LogP contribution in [0.1, 0.15) is 37.3 Å². The molecule has 2 amide bonds. The molecule has 2 atom stereocenters. The number of carboxylic acid groups (broad SMARTS) is 1. The molecule has 1 saturated heterocycles. The maximum Gasteiger partial charge on any atom is 0.407 e. The molecule has 33 heavy (non-hydrogen) atoms. The number of benzene rings is 2. The molecular weight excluding hydrogens is 440 g/mol. The fourth-order valence-electron chi connectivity index (χ4n) is 4.60. The molecule has 2 aromatic rings. The van der Waals surface area contributed by atoms with Gasteiger partial charge in [-0.25, -0.2) is 9.59 Å². The number of nitrogens with zero attached hydrogens (tertiary/aromatic N) is 1. The van der Waals surface area contributed by atoms with E-state index in [2.05, 4.69) is 29.6 Å². The topological polar surface area (TPSA) is 95.9 Å². The Morgan fingerprint density at radius 3 is 2.27 bits per heavy atom. The Morgan fingerprint density at radius 2 is 1.70 bits per heavy atom. The van der Waals surface area contributed by atoms with Crippen molar-refractivity contribution in [2.45, 2.75) is 37.6 Å². The zero-order valence-corrected chi connectivity index (χ0v) is 19.5. The number of alkyl carbamates (subject to hydrolysis) is 1. The van der Waals surface area contributed by atoms with Crippen LogP contribution in [0.4, 0.5) is 4.79 Å². The van der Waals surface area contributed by atoms with Gasteiger partial charge in [0.15, 0.2) is 0 Å². The molecule has 0 bridgehead atoms. The molecule has 2 N–H and O–H groups in total. The van der Waals surface area contributed by atoms with Crippen LogP contribution in [0.25, 0.3) is 11.1 Å². The van der Waals surface area contributed by atoms with Crippen LogP contribution in [0, 0.1) is 5.92 Å². The SMILES string of the molecule is CC(C)C1SCC(C(=O)O)N1C(=O)CCNC(=O)OCC1c2ccccc2-c2ccccc21. The van der Waals surface area contributed by atoms with E-state index in [1.807, 2.05) is 38.1 Å². The second-order valence-electron chi connectivity index (χ2n) is 8.63. The zero-order valence-electron chi connectivity index (χ0n) is 18.7. The number of ether oxygens (including phenoxy) is 1. The third-order valence-electron chi connectivity index (χ3n) is 6.13. The predicted molar refractivity (Wildman–Crippen MR) is 127 cm³/mol. The fourth-order valence-corrected chi connectivity index (χ4v) is 6.09. The molecule has 4 rings (SSSR count). The summed E-state index contributed by atoms with van der Waals surface area (Å²) in [5.41, 5.74) is 4.58. The Bertz CT molecular complexity index is 1010. The Hall–Kier alpha value is -3.00. The molecule has 1 heterocycles. The van der Waals surface area contributed by atoms with Crippen LogP contribution >= 0.6 is 11.8 Å². The molecule has 1 fully saturated rings. The van der Waals surface area contributed by atoms with Gasteiger partial charge in [0, 0.05) is 24.6 Å². The summed E-state index contributed by atoms with van der Waals surface area (Å²) in [5.74, 6) is -0.787. The first-order valence-electron chi connectivity index (χ1n) is 11.1. The van der Waals surface area contributed by atoms with E-state index in [1.54, 1.807) is 0 Å². The highest BCUT2D eigenvalue weighted by molar-refractivity contribution is 8.00. The van der Waals surface area contributed by atoms with Gasteiger partial charge in [0.25, 0.3) is 0 Å². The number of thioether (sulfide) groups is 1. The van der Waals surface area contributed by atoms with Crippen LogP contribution < -0.4 is 5.32 Å². The zero-order chi connectivity index (χ0) is 23.5. The standard InChI is InChI=1S/C25H28N2O5S/c1-15(2)23-27(21(14-33-23)24(29)30)22(28)11-12-26-25(31)32-13-20-18-9-5-3-7-16(18)17-8-4-6-10-19(17)20/h3-10,15,20-21,23H,11-14H2,1-2H3,(H,26,31)(H,29,30). The van der Waals surface area contributed by atoms with E-state index in [0.29, 0.717) is 5.75 Å². The van der Waals surface area contributed by atoms with E-state index in [0.717, 1.165) is 22.3 Å². The molecule has 1 aliphatic carbocycles. The van der Waals surface area contributed by atoms with Crippen molar-refractivity contribution in [2.75, 3.05) is 18.9 Å². The second kappa shape index (κ2) is 9.87. The number of fused-ring (bicyclic) bond motifs is 3. The number of hydrogen-bond donors (Lipinski definition) is 2. The monoisotopic (exact) mass is 468 g/mol. The van der Waals surface area contributed by atoms with Gasteiger partial charge >= 0.3 is 12.1 Å². The summed E-state index contributed by atoms with van der Waals surface area (Å²) in [6, 6.07) is 15.4. The maximum atomic E-state index is 12.8. The van der Waals surface area contributed by atoms with Crippen molar-refractivity contribution in [1.82, 2.24) is 10.2 Å². The number of hydrogen-bond acceptors (Lipinski definition) is 5. The summed E-state index contributed by atoms with van der Waals surface area (Å²) in [7, 11) is 0. The first-order chi connectivity index (χ1) is 15.9. The minimum Gasteiger partial charge on any atom is -0.480 e. The number of carbonyl (C=O) groups excluding carboxylic acids is 2. The van der Waals surface area contributed by atoms with Gasteiger partial charge in [-0.1, -0.05) is 62.4 Å². The van der Waals surface area contributed by atoms with Gasteiger partial charge in [0.1, 0.15) is 12.6 Å². The number of carbonyl (C=O) groups is 3. The van der Waals surface area contributed by atoms with Crippen molar-refractivity contribution in [3.05, 3.63) is 59.7 Å². The van der Waals surface area contributed by atoms with Gasteiger partial charge in [-0.05, 0) is 28.2 Å². The van der Waals surface area contributed by atoms with E-state index in [4.69, 9.17) is 4.74 Å². The van der Waals surface area contributed by atoms with Gasteiger partial charge in [-0.3, -0.25) is 4.79 Å². The number of aliphatic carboxylic acids is 1. The highest BCUT2D eigenvalue weighted by Gasteiger charge is 2.42. The van der Waals surface area contributed by atoms with Crippen molar-refractivity contribution < 1.29 is 24.2 Å². The molecule has 2 aromatic carbocycles. The molecule has 2 aliphatic rings. The maximum absolute atomic E-state index is 12.8. The van der Waals surface area contributed by atoms with Gasteiger partial charge in [0.05, 0.1) is 5.37 Å². The minimum atomic E-state index is -0.997. The first-order valence-corrected chi connectivity index (χ1v) is 12.2. The normalized spacial score (nSPS) is 19.3. The molecule has 7 nitrogen and oxygen atoms in total. The van der Waals surface area contributed by atoms with E-state index in [9.17, 15) is 19.5 Å². The Balaban J connectivity index is 1.31. The number of amides is 2. The average Bonchev–Trinajstić information content (AvgIpc) is 3.38. The van der Waals surface area contributed by atoms with Crippen LogP contribution in [-0.2, 0) is 14.3 Å². The number of nitrogens with one attached hydrogen (secondary N) is 1. The third kappa shape index (κ3) is 4.71. The molecule has 1 aliphatic heterocycles. The molecule has 0 spiro atoms. The molecule has 2 unspecified atom stereocenters. The lowest BCUT2D eigenvalue weighted by Gasteiger charge is -2.29. The summed E-state index contributed by atoms with van der Waals surface area (Å²) >= 11 is 1.49. The average molecular weight is 469 g/mol. The van der Waals surface area contributed by atoms with Crippen LogP contribution in [0.5, 0.6) is 0 Å². The van der Waals surface area contributed by atoms with Crippen LogP contribution in [0.2, 0.25) is 0 Å². The summed E-state index contributed by atoms with van der Waals surface area (Å²) in [6.45, 7) is 4.23. The summed E-state index contributed by atoms with van der Waals surface area (Å²) < 4.78 is 5.49. The quantitative estimate of drug-likeness (QED) is 0.639. The van der Waals surface area contributed by atoms with Gasteiger partial charge < -0.3 is 20.1 Å². The summed E-state index contributed by atoms with van der Waals surface area (Å²) in [6.07, 6.45) is -0.562. The molecule has 0 aromatic heterocycles. The summed E-state index contributed by atoms with van der Waals surface area (Å²) in [4.78, 5) is 38.1. The van der Waals surface area contributed by atoms with Crippen LogP contribution in [0.15, 0.2) is 48.5 Å². The molecule has 8 heteroatoms.